The van der Waals surface area contributed by atoms with Crippen molar-refractivity contribution in [3.63, 3.8) is 0 Å². The summed E-state index contributed by atoms with van der Waals surface area (Å²) in [6, 6.07) is 9.73. The third-order valence-corrected chi connectivity index (χ3v) is 5.46. The predicted molar refractivity (Wildman–Crippen MR) is 105 cm³/mol. The molecule has 0 bridgehead atoms. The minimum atomic E-state index is -1.42. The lowest BCUT2D eigenvalue weighted by Crippen LogP contribution is -2.58. The van der Waals surface area contributed by atoms with Crippen LogP contribution in [0.3, 0.4) is 0 Å². The average molecular weight is 426 g/mol. The molecule has 0 aromatic heterocycles. The number of aliphatic hydroxyl groups is 6. The quantitative estimate of drug-likeness (QED) is 0.301. The number of aliphatic hydroxyl groups excluding tert-OH is 6. The Hall–Kier alpha value is -1.40. The van der Waals surface area contributed by atoms with Gasteiger partial charge in [-0.1, -0.05) is 42.5 Å². The number of hydrogen-bond donors (Lipinski definition) is 6. The van der Waals surface area contributed by atoms with Crippen LogP contribution in [-0.2, 0) is 14.2 Å². The molecule has 9 heteroatoms. The molecule has 2 aliphatic rings. The number of ether oxygens (including phenoxy) is 3. The van der Waals surface area contributed by atoms with E-state index in [4.69, 9.17) is 19.3 Å². The molecule has 0 radical (unpaired) electrons. The Bertz CT molecular complexity index is 670. The van der Waals surface area contributed by atoms with Crippen LogP contribution < -0.4 is 0 Å². The van der Waals surface area contributed by atoms with Gasteiger partial charge in [-0.15, -0.1) is 0 Å². The number of hydrogen-bond acceptors (Lipinski definition) is 9. The van der Waals surface area contributed by atoms with E-state index in [0.717, 1.165) is 5.56 Å². The molecule has 9 nitrogen and oxygen atoms in total. The minimum Gasteiger partial charge on any atom is -0.394 e. The van der Waals surface area contributed by atoms with E-state index < -0.39 is 61.7 Å². The highest BCUT2D eigenvalue weighted by Gasteiger charge is 2.46. The van der Waals surface area contributed by atoms with Gasteiger partial charge in [0.1, 0.15) is 42.7 Å². The molecule has 9 atom stereocenters. The third kappa shape index (κ3) is 5.44. The third-order valence-electron chi connectivity index (χ3n) is 5.46. The van der Waals surface area contributed by atoms with Crippen LogP contribution in [0.25, 0.3) is 6.08 Å². The van der Waals surface area contributed by atoms with Crippen molar-refractivity contribution in [1.29, 1.82) is 0 Å². The highest BCUT2D eigenvalue weighted by atomic mass is 16.7. The zero-order chi connectivity index (χ0) is 21.7. The van der Waals surface area contributed by atoms with Gasteiger partial charge < -0.3 is 44.8 Å². The minimum absolute atomic E-state index is 0.242. The van der Waals surface area contributed by atoms with E-state index in [1.54, 1.807) is 0 Å². The first-order valence-electron chi connectivity index (χ1n) is 10.1. The monoisotopic (exact) mass is 426 g/mol. The summed E-state index contributed by atoms with van der Waals surface area (Å²) >= 11 is 0. The van der Waals surface area contributed by atoms with E-state index >= 15 is 0 Å². The van der Waals surface area contributed by atoms with Crippen molar-refractivity contribution in [2.75, 3.05) is 13.2 Å². The summed E-state index contributed by atoms with van der Waals surface area (Å²) in [6.07, 6.45) is -5.70. The topological polar surface area (TPSA) is 149 Å². The summed E-state index contributed by atoms with van der Waals surface area (Å²) in [5.41, 5.74) is 1.04. The fraction of sp³-hybridized carbons (Fsp3) is 0.619. The second-order valence-electron chi connectivity index (χ2n) is 7.62. The number of benzene rings is 1. The van der Waals surface area contributed by atoms with Crippen LogP contribution in [0, 0.1) is 0 Å². The Balaban J connectivity index is 1.52. The van der Waals surface area contributed by atoms with E-state index in [2.05, 4.69) is 0 Å². The van der Waals surface area contributed by atoms with Crippen molar-refractivity contribution in [1.82, 2.24) is 0 Å². The Kier molecular flexibility index (Phi) is 8.35. The zero-order valence-corrected chi connectivity index (χ0v) is 16.5. The van der Waals surface area contributed by atoms with Gasteiger partial charge in [-0.05, 0) is 18.4 Å². The van der Waals surface area contributed by atoms with E-state index in [1.165, 1.54) is 0 Å². The van der Waals surface area contributed by atoms with Gasteiger partial charge in [0.05, 0.1) is 19.3 Å². The number of allylic oxidation sites excluding steroid dienone is 1. The van der Waals surface area contributed by atoms with Gasteiger partial charge >= 0.3 is 0 Å². The van der Waals surface area contributed by atoms with Gasteiger partial charge in [-0.3, -0.25) is 0 Å². The highest BCUT2D eigenvalue weighted by Crippen LogP contribution is 2.27. The van der Waals surface area contributed by atoms with Crippen molar-refractivity contribution >= 4 is 6.08 Å². The normalized spacial score (nSPS) is 39.6. The van der Waals surface area contributed by atoms with Crippen molar-refractivity contribution < 1.29 is 44.8 Å². The molecule has 1 aromatic carbocycles. The summed E-state index contributed by atoms with van der Waals surface area (Å²) in [7, 11) is 0. The first-order chi connectivity index (χ1) is 14.4. The van der Waals surface area contributed by atoms with Gasteiger partial charge in [-0.2, -0.15) is 0 Å². The molecule has 0 saturated carbocycles. The van der Waals surface area contributed by atoms with Crippen LogP contribution in [0.4, 0.5) is 0 Å². The van der Waals surface area contributed by atoms with E-state index in [1.807, 2.05) is 42.5 Å². The second kappa shape index (κ2) is 10.8. The fourth-order valence-electron chi connectivity index (χ4n) is 3.64. The Morgan fingerprint density at radius 1 is 0.800 bits per heavy atom. The van der Waals surface area contributed by atoms with E-state index in [9.17, 15) is 25.5 Å². The molecular weight excluding hydrogens is 396 g/mol. The first-order valence-corrected chi connectivity index (χ1v) is 10.1. The summed E-state index contributed by atoms with van der Waals surface area (Å²) in [5.74, 6) is 0. The molecule has 168 valence electrons. The average Bonchev–Trinajstić information content (AvgIpc) is 3.04. The molecule has 2 heterocycles. The lowest BCUT2D eigenvalue weighted by Gasteiger charge is -2.41. The standard InChI is InChI=1S/C21H30O9/c22-10-14-17(24)20(27)21(30-14)28-11-15-18(25)19(26)16(23)13(29-15)9-5-4-8-12-6-2-1-3-7-12/h1-4,6-8,13-27H,5,9-11H2/b8-4+/t13-,14-,15+,16-,17-,18+,19+,20+,21+/m0/s1. The fourth-order valence-corrected chi connectivity index (χ4v) is 3.64. The van der Waals surface area contributed by atoms with Crippen molar-refractivity contribution in [3.05, 3.63) is 42.0 Å². The maximum atomic E-state index is 10.2. The zero-order valence-electron chi connectivity index (χ0n) is 16.5. The van der Waals surface area contributed by atoms with Gasteiger partial charge in [0.2, 0.25) is 0 Å². The lowest BCUT2D eigenvalue weighted by atomic mass is 9.93. The maximum absolute atomic E-state index is 10.2. The molecule has 2 saturated heterocycles. The van der Waals surface area contributed by atoms with Gasteiger partial charge in [-0.25, -0.2) is 0 Å². The summed E-state index contributed by atoms with van der Waals surface area (Å²) < 4.78 is 16.4. The van der Waals surface area contributed by atoms with Gasteiger partial charge in [0.15, 0.2) is 6.29 Å². The van der Waals surface area contributed by atoms with Crippen LogP contribution in [-0.4, -0.2) is 99.0 Å². The van der Waals surface area contributed by atoms with Crippen molar-refractivity contribution in [3.8, 4) is 0 Å². The van der Waals surface area contributed by atoms with E-state index in [0.29, 0.717) is 12.8 Å². The van der Waals surface area contributed by atoms with Crippen LogP contribution in [0.5, 0.6) is 0 Å². The van der Waals surface area contributed by atoms with Crippen LogP contribution in [0.15, 0.2) is 36.4 Å². The molecule has 3 rings (SSSR count). The van der Waals surface area contributed by atoms with Crippen molar-refractivity contribution in [2.24, 2.45) is 0 Å². The molecule has 1 aromatic rings. The van der Waals surface area contributed by atoms with Crippen LogP contribution in [0.1, 0.15) is 18.4 Å². The van der Waals surface area contributed by atoms with Crippen LogP contribution >= 0.6 is 0 Å². The molecule has 0 spiro atoms. The molecular formula is C21H30O9. The molecule has 6 N–H and O–H groups in total. The summed E-state index contributed by atoms with van der Waals surface area (Å²) in [6.45, 7) is -0.724. The molecule has 0 amide bonds. The van der Waals surface area contributed by atoms with E-state index in [-0.39, 0.29) is 6.61 Å². The second-order valence-corrected chi connectivity index (χ2v) is 7.62. The predicted octanol–water partition coefficient (Wildman–Crippen LogP) is -1.21. The van der Waals surface area contributed by atoms with Gasteiger partial charge in [0.25, 0.3) is 0 Å². The molecule has 0 unspecified atom stereocenters. The smallest absolute Gasteiger partial charge is 0.186 e. The molecule has 2 fully saturated rings. The maximum Gasteiger partial charge on any atom is 0.186 e. The summed E-state index contributed by atoms with van der Waals surface area (Å²) in [5, 5.41) is 59.4. The molecule has 2 aliphatic heterocycles. The summed E-state index contributed by atoms with van der Waals surface area (Å²) in [4.78, 5) is 0. The Morgan fingerprint density at radius 3 is 2.13 bits per heavy atom. The largest absolute Gasteiger partial charge is 0.394 e. The van der Waals surface area contributed by atoms with Crippen LogP contribution in [0.2, 0.25) is 0 Å². The number of rotatable bonds is 8. The van der Waals surface area contributed by atoms with Gasteiger partial charge in [0, 0.05) is 0 Å². The SMILES string of the molecule is OC[C@@H]1O[C@@H](OC[C@H]2O[C@@H](CC/C=C/c3ccccc3)[C@H](O)[C@@H](O)[C@@H]2O)[C@H](O)[C@H]1O. The van der Waals surface area contributed by atoms with Crippen molar-refractivity contribution in [2.45, 2.75) is 68.0 Å². The molecule has 30 heavy (non-hydrogen) atoms. The molecule has 0 aliphatic carbocycles. The Morgan fingerprint density at radius 2 is 1.47 bits per heavy atom. The highest BCUT2D eigenvalue weighted by molar-refractivity contribution is 5.48. The first kappa shape index (κ1) is 23.3. The lowest BCUT2D eigenvalue weighted by molar-refractivity contribution is -0.253. The Labute approximate surface area is 174 Å².